The smallest absolute Gasteiger partial charge is 0.225 e. The van der Waals surface area contributed by atoms with Gasteiger partial charge in [0.1, 0.15) is 10.6 Å². The first-order valence-corrected chi connectivity index (χ1v) is 8.47. The van der Waals surface area contributed by atoms with Crippen molar-refractivity contribution in [1.82, 2.24) is 14.9 Å². The molecule has 2 rings (SSSR count). The standard InChI is InChI=1S/C15H25N5S/c1-5-11-10-12-13(17-8-9-20(6-2)7-3)18-15(16-4)19-14(12)21-11/h10H,5-9H2,1-4H3,(H2,16,17,18,19). The average molecular weight is 307 g/mol. The van der Waals surface area contributed by atoms with Crippen molar-refractivity contribution in [3.63, 3.8) is 0 Å². The monoisotopic (exact) mass is 307 g/mol. The summed E-state index contributed by atoms with van der Waals surface area (Å²) in [6.45, 7) is 10.6. The summed E-state index contributed by atoms with van der Waals surface area (Å²) in [5.74, 6) is 1.62. The molecule has 0 unspecified atom stereocenters. The van der Waals surface area contributed by atoms with Crippen molar-refractivity contribution in [2.24, 2.45) is 0 Å². The Bertz CT molecular complexity index is 577. The lowest BCUT2D eigenvalue weighted by atomic mass is 10.3. The molecular formula is C15H25N5S. The van der Waals surface area contributed by atoms with Crippen LogP contribution in [0.15, 0.2) is 6.07 Å². The van der Waals surface area contributed by atoms with E-state index in [-0.39, 0.29) is 0 Å². The maximum absolute atomic E-state index is 4.57. The normalized spacial score (nSPS) is 11.3. The zero-order valence-electron chi connectivity index (χ0n) is 13.4. The second-order valence-corrected chi connectivity index (χ2v) is 6.00. The summed E-state index contributed by atoms with van der Waals surface area (Å²) in [4.78, 5) is 13.9. The van der Waals surface area contributed by atoms with Crippen LogP contribution in [0.5, 0.6) is 0 Å². The van der Waals surface area contributed by atoms with Crippen molar-refractivity contribution in [3.8, 4) is 0 Å². The molecule has 0 spiro atoms. The predicted molar refractivity (Wildman–Crippen MR) is 92.6 cm³/mol. The molecule has 0 radical (unpaired) electrons. The van der Waals surface area contributed by atoms with E-state index in [4.69, 9.17) is 0 Å². The number of anilines is 2. The number of hydrogen-bond donors (Lipinski definition) is 2. The largest absolute Gasteiger partial charge is 0.368 e. The fraction of sp³-hybridized carbons (Fsp3) is 0.600. The Hall–Kier alpha value is -1.40. The molecule has 2 aromatic rings. The van der Waals surface area contributed by atoms with Gasteiger partial charge >= 0.3 is 0 Å². The van der Waals surface area contributed by atoms with Crippen LogP contribution in [-0.2, 0) is 6.42 Å². The van der Waals surface area contributed by atoms with Crippen LogP contribution in [0.2, 0.25) is 0 Å². The average Bonchev–Trinajstić information content (AvgIpc) is 2.94. The van der Waals surface area contributed by atoms with Gasteiger partial charge in [-0.3, -0.25) is 0 Å². The van der Waals surface area contributed by atoms with Crippen LogP contribution in [0.25, 0.3) is 10.2 Å². The van der Waals surface area contributed by atoms with Crippen molar-refractivity contribution in [3.05, 3.63) is 10.9 Å². The zero-order valence-corrected chi connectivity index (χ0v) is 14.2. The SMILES string of the molecule is CCc1cc2c(NCCN(CC)CC)nc(NC)nc2s1. The lowest BCUT2D eigenvalue weighted by molar-refractivity contribution is 0.316. The van der Waals surface area contributed by atoms with Crippen molar-refractivity contribution in [2.75, 3.05) is 43.9 Å². The molecule has 2 N–H and O–H groups in total. The van der Waals surface area contributed by atoms with Crippen LogP contribution < -0.4 is 10.6 Å². The summed E-state index contributed by atoms with van der Waals surface area (Å²) in [7, 11) is 1.86. The van der Waals surface area contributed by atoms with Crippen molar-refractivity contribution >= 4 is 33.3 Å². The summed E-state index contributed by atoms with van der Waals surface area (Å²) < 4.78 is 0. The highest BCUT2D eigenvalue weighted by Gasteiger charge is 2.11. The van der Waals surface area contributed by atoms with E-state index in [1.54, 1.807) is 11.3 Å². The first kappa shape index (κ1) is 16.0. The first-order valence-electron chi connectivity index (χ1n) is 7.66. The minimum absolute atomic E-state index is 0.678. The van der Waals surface area contributed by atoms with Gasteiger partial charge in [-0.05, 0) is 25.6 Å². The predicted octanol–water partition coefficient (Wildman–Crippen LogP) is 3.05. The molecule has 0 saturated carbocycles. The van der Waals surface area contributed by atoms with Crippen LogP contribution >= 0.6 is 11.3 Å². The Kier molecular flexibility index (Phi) is 5.76. The number of nitrogens with one attached hydrogen (secondary N) is 2. The minimum atomic E-state index is 0.678. The molecular weight excluding hydrogens is 282 g/mol. The number of aryl methyl sites for hydroxylation is 1. The molecule has 0 bridgehead atoms. The molecule has 0 saturated heterocycles. The molecule has 21 heavy (non-hydrogen) atoms. The molecule has 0 aliphatic rings. The van der Waals surface area contributed by atoms with E-state index in [1.807, 2.05) is 7.05 Å². The number of aromatic nitrogens is 2. The number of hydrogen-bond acceptors (Lipinski definition) is 6. The minimum Gasteiger partial charge on any atom is -0.368 e. The molecule has 6 heteroatoms. The van der Waals surface area contributed by atoms with Crippen LogP contribution in [0.4, 0.5) is 11.8 Å². The first-order chi connectivity index (χ1) is 10.2. The maximum Gasteiger partial charge on any atom is 0.225 e. The Morgan fingerprint density at radius 3 is 2.57 bits per heavy atom. The summed E-state index contributed by atoms with van der Waals surface area (Å²) in [5, 5.41) is 7.65. The lowest BCUT2D eigenvalue weighted by Gasteiger charge is -2.18. The fourth-order valence-electron chi connectivity index (χ4n) is 2.26. The van der Waals surface area contributed by atoms with Gasteiger partial charge in [0.25, 0.3) is 0 Å². The van der Waals surface area contributed by atoms with Gasteiger partial charge in [-0.25, -0.2) is 4.98 Å². The van der Waals surface area contributed by atoms with E-state index in [9.17, 15) is 0 Å². The number of nitrogens with zero attached hydrogens (tertiary/aromatic N) is 3. The highest BCUT2D eigenvalue weighted by atomic mass is 32.1. The topological polar surface area (TPSA) is 53.1 Å². The molecule has 2 heterocycles. The molecule has 0 atom stereocenters. The molecule has 0 aromatic carbocycles. The van der Waals surface area contributed by atoms with Crippen LogP contribution in [0.1, 0.15) is 25.6 Å². The van der Waals surface area contributed by atoms with Gasteiger partial charge in [0.15, 0.2) is 0 Å². The van der Waals surface area contributed by atoms with Crippen molar-refractivity contribution in [2.45, 2.75) is 27.2 Å². The molecule has 2 aromatic heterocycles. The van der Waals surface area contributed by atoms with Crippen molar-refractivity contribution in [1.29, 1.82) is 0 Å². The number of likely N-dealkylation sites (N-methyl/N-ethyl adjacent to an activating group) is 1. The zero-order chi connectivity index (χ0) is 15.2. The van der Waals surface area contributed by atoms with Gasteiger partial charge in [-0.2, -0.15) is 4.98 Å². The Balaban J connectivity index is 2.18. The van der Waals surface area contributed by atoms with Crippen molar-refractivity contribution < 1.29 is 0 Å². The summed E-state index contributed by atoms with van der Waals surface area (Å²) in [5.41, 5.74) is 0. The van der Waals surface area contributed by atoms with Crippen LogP contribution in [0, 0.1) is 0 Å². The maximum atomic E-state index is 4.57. The van der Waals surface area contributed by atoms with Gasteiger partial charge < -0.3 is 15.5 Å². The third-order valence-corrected chi connectivity index (χ3v) is 4.80. The Morgan fingerprint density at radius 2 is 1.95 bits per heavy atom. The third kappa shape index (κ3) is 3.83. The van der Waals surface area contributed by atoms with E-state index in [0.717, 1.165) is 48.6 Å². The van der Waals surface area contributed by atoms with E-state index < -0.39 is 0 Å². The van der Waals surface area contributed by atoms with Gasteiger partial charge in [-0.1, -0.05) is 20.8 Å². The molecule has 116 valence electrons. The highest BCUT2D eigenvalue weighted by molar-refractivity contribution is 7.18. The van der Waals surface area contributed by atoms with Gasteiger partial charge in [-0.15, -0.1) is 11.3 Å². The summed E-state index contributed by atoms with van der Waals surface area (Å²) in [6, 6.07) is 2.21. The van der Waals surface area contributed by atoms with Crippen LogP contribution in [0.3, 0.4) is 0 Å². The second-order valence-electron chi connectivity index (χ2n) is 4.88. The quantitative estimate of drug-likeness (QED) is 0.785. The van der Waals surface area contributed by atoms with E-state index in [2.05, 4.69) is 52.3 Å². The lowest BCUT2D eigenvalue weighted by Crippen LogP contribution is -2.28. The molecule has 0 aliphatic carbocycles. The highest BCUT2D eigenvalue weighted by Crippen LogP contribution is 2.30. The molecule has 5 nitrogen and oxygen atoms in total. The number of thiophene rings is 1. The van der Waals surface area contributed by atoms with E-state index in [1.165, 1.54) is 4.88 Å². The third-order valence-electron chi connectivity index (χ3n) is 3.63. The molecule has 0 aliphatic heterocycles. The van der Waals surface area contributed by atoms with E-state index in [0.29, 0.717) is 5.95 Å². The van der Waals surface area contributed by atoms with Gasteiger partial charge in [0.2, 0.25) is 5.95 Å². The Labute approximate surface area is 130 Å². The molecule has 0 fully saturated rings. The number of rotatable bonds is 8. The number of fused-ring (bicyclic) bond motifs is 1. The van der Waals surface area contributed by atoms with Gasteiger partial charge in [0.05, 0.1) is 5.39 Å². The second kappa shape index (κ2) is 7.56. The van der Waals surface area contributed by atoms with Crippen LogP contribution in [-0.4, -0.2) is 48.1 Å². The Morgan fingerprint density at radius 1 is 1.19 bits per heavy atom. The summed E-state index contributed by atoms with van der Waals surface area (Å²) >= 11 is 1.75. The summed E-state index contributed by atoms with van der Waals surface area (Å²) in [6.07, 6.45) is 1.04. The van der Waals surface area contributed by atoms with E-state index >= 15 is 0 Å². The molecule has 0 amide bonds. The fourth-order valence-corrected chi connectivity index (χ4v) is 3.23. The van der Waals surface area contributed by atoms with Gasteiger partial charge in [0, 0.05) is 25.0 Å².